The van der Waals surface area contributed by atoms with E-state index in [1.54, 1.807) is 0 Å². The van der Waals surface area contributed by atoms with E-state index >= 15 is 0 Å². The Morgan fingerprint density at radius 1 is 0.750 bits per heavy atom. The second-order valence-electron chi connectivity index (χ2n) is 8.16. The van der Waals surface area contributed by atoms with Crippen molar-refractivity contribution in [3.8, 4) is 0 Å². The third kappa shape index (κ3) is 3.40. The van der Waals surface area contributed by atoms with E-state index in [2.05, 4.69) is 105 Å². The van der Waals surface area contributed by atoms with Crippen molar-refractivity contribution < 1.29 is 4.68 Å². The lowest BCUT2D eigenvalue weighted by Gasteiger charge is -2.13. The first kappa shape index (κ1) is 18.3. The second kappa shape index (κ2) is 7.16. The third-order valence-electron chi connectivity index (χ3n) is 5.35. The number of nitrogens with zero attached hydrogens (tertiary/aromatic N) is 1. The van der Waals surface area contributed by atoms with Gasteiger partial charge in [-0.25, -0.2) is 0 Å². The number of aromatic nitrogens is 1. The first-order valence-corrected chi connectivity index (χ1v) is 9.97. The fraction of sp³-hybridized carbons (Fsp3) is 0.240. The van der Waals surface area contributed by atoms with E-state index in [4.69, 9.17) is 5.73 Å². The maximum atomic E-state index is 6.29. The Labute approximate surface area is 166 Å². The summed E-state index contributed by atoms with van der Waals surface area (Å²) in [6.07, 6.45) is 2.17. The quantitative estimate of drug-likeness (QED) is 0.342. The van der Waals surface area contributed by atoms with Gasteiger partial charge in [0, 0.05) is 23.1 Å². The van der Waals surface area contributed by atoms with Crippen LogP contribution < -0.4 is 15.8 Å². The summed E-state index contributed by atoms with van der Waals surface area (Å²) in [5, 5.41) is 4.85. The van der Waals surface area contributed by atoms with Crippen molar-refractivity contribution in [3.05, 3.63) is 78.1 Å². The van der Waals surface area contributed by atoms with Crippen LogP contribution >= 0.6 is 0 Å². The van der Waals surface area contributed by atoms with E-state index in [0.717, 1.165) is 16.8 Å². The SMILES string of the molecule is CC(C)c1cc2ccc(N[n+]3cc4ccccc4cc3C(C)C)cc2cc1N. The lowest BCUT2D eigenvalue weighted by Crippen LogP contribution is -2.46. The van der Waals surface area contributed by atoms with Crippen LogP contribution in [0, 0.1) is 0 Å². The van der Waals surface area contributed by atoms with E-state index in [1.165, 1.54) is 27.4 Å². The van der Waals surface area contributed by atoms with Crippen LogP contribution in [-0.2, 0) is 0 Å². The monoisotopic (exact) mass is 370 g/mol. The van der Waals surface area contributed by atoms with Crippen molar-refractivity contribution in [2.45, 2.75) is 39.5 Å². The molecule has 142 valence electrons. The second-order valence-corrected chi connectivity index (χ2v) is 8.16. The molecule has 0 unspecified atom stereocenters. The van der Waals surface area contributed by atoms with Crippen LogP contribution in [0.1, 0.15) is 50.8 Å². The van der Waals surface area contributed by atoms with Gasteiger partial charge in [0.15, 0.2) is 0 Å². The van der Waals surface area contributed by atoms with Crippen LogP contribution in [0.25, 0.3) is 21.5 Å². The Bertz CT molecular complexity index is 1160. The highest BCUT2D eigenvalue weighted by Crippen LogP contribution is 2.29. The molecule has 0 aliphatic carbocycles. The summed E-state index contributed by atoms with van der Waals surface area (Å²) in [4.78, 5) is 0. The summed E-state index contributed by atoms with van der Waals surface area (Å²) in [5.74, 6) is 0.825. The maximum absolute atomic E-state index is 6.29. The molecule has 0 radical (unpaired) electrons. The molecule has 0 bridgehead atoms. The molecule has 3 aromatic carbocycles. The van der Waals surface area contributed by atoms with Gasteiger partial charge in [0.05, 0.1) is 5.69 Å². The molecule has 0 aliphatic rings. The lowest BCUT2D eigenvalue weighted by atomic mass is 9.97. The van der Waals surface area contributed by atoms with Crippen molar-refractivity contribution >= 4 is 32.9 Å². The number of hydrogen-bond donors (Lipinski definition) is 2. The van der Waals surface area contributed by atoms with Crippen LogP contribution in [0.2, 0.25) is 0 Å². The molecule has 28 heavy (non-hydrogen) atoms. The summed E-state index contributed by atoms with van der Waals surface area (Å²) in [6.45, 7) is 8.79. The summed E-state index contributed by atoms with van der Waals surface area (Å²) in [7, 11) is 0. The van der Waals surface area contributed by atoms with Gasteiger partial charge in [-0.05, 0) is 58.0 Å². The van der Waals surface area contributed by atoms with Crippen LogP contribution in [0.15, 0.2) is 66.9 Å². The number of nitrogens with two attached hydrogens (primary N) is 1. The first-order valence-electron chi connectivity index (χ1n) is 9.97. The lowest BCUT2D eigenvalue weighted by molar-refractivity contribution is -0.650. The largest absolute Gasteiger partial charge is 0.398 e. The molecule has 1 aromatic heterocycles. The van der Waals surface area contributed by atoms with E-state index in [0.29, 0.717) is 11.8 Å². The Morgan fingerprint density at radius 3 is 2.18 bits per heavy atom. The molecule has 4 rings (SSSR count). The summed E-state index contributed by atoms with van der Waals surface area (Å²) in [5.41, 5.74) is 14.2. The topological polar surface area (TPSA) is 41.9 Å². The first-order chi connectivity index (χ1) is 13.4. The van der Waals surface area contributed by atoms with Gasteiger partial charge in [-0.3, -0.25) is 0 Å². The van der Waals surface area contributed by atoms with Gasteiger partial charge in [0.1, 0.15) is 0 Å². The van der Waals surface area contributed by atoms with Gasteiger partial charge in [-0.2, -0.15) is 5.43 Å². The molecule has 1 heterocycles. The molecular formula is C25H28N3+. The summed E-state index contributed by atoms with van der Waals surface area (Å²) in [6, 6.07) is 21.5. The molecule has 0 fully saturated rings. The molecule has 3 heteroatoms. The Kier molecular flexibility index (Phi) is 4.68. The molecule has 3 nitrogen and oxygen atoms in total. The minimum Gasteiger partial charge on any atom is -0.398 e. The Hall–Kier alpha value is -3.07. The molecule has 3 N–H and O–H groups in total. The smallest absolute Gasteiger partial charge is 0.215 e. The number of rotatable bonds is 4. The number of nitrogen functional groups attached to an aromatic ring is 1. The summed E-state index contributed by atoms with van der Waals surface area (Å²) < 4.78 is 2.14. The zero-order valence-corrected chi connectivity index (χ0v) is 17.0. The van der Waals surface area contributed by atoms with E-state index in [1.807, 2.05) is 0 Å². The normalized spacial score (nSPS) is 11.6. The van der Waals surface area contributed by atoms with Crippen molar-refractivity contribution in [3.63, 3.8) is 0 Å². The van der Waals surface area contributed by atoms with Crippen molar-refractivity contribution in [2.24, 2.45) is 0 Å². The van der Waals surface area contributed by atoms with Crippen LogP contribution in [0.4, 0.5) is 11.4 Å². The van der Waals surface area contributed by atoms with Gasteiger partial charge < -0.3 is 5.73 Å². The molecule has 0 atom stereocenters. The third-order valence-corrected chi connectivity index (χ3v) is 5.35. The highest BCUT2D eigenvalue weighted by molar-refractivity contribution is 5.89. The summed E-state index contributed by atoms with van der Waals surface area (Å²) >= 11 is 0. The number of fused-ring (bicyclic) bond motifs is 2. The Morgan fingerprint density at radius 2 is 1.46 bits per heavy atom. The average molecular weight is 371 g/mol. The van der Waals surface area contributed by atoms with E-state index in [9.17, 15) is 0 Å². The van der Waals surface area contributed by atoms with Crippen LogP contribution in [-0.4, -0.2) is 0 Å². The van der Waals surface area contributed by atoms with Crippen molar-refractivity contribution in [1.82, 2.24) is 0 Å². The minimum absolute atomic E-state index is 0.404. The highest BCUT2D eigenvalue weighted by Gasteiger charge is 2.17. The molecule has 0 saturated heterocycles. The van der Waals surface area contributed by atoms with Gasteiger partial charge in [-0.1, -0.05) is 56.6 Å². The number of nitrogens with one attached hydrogen (secondary N) is 1. The van der Waals surface area contributed by atoms with Crippen LogP contribution in [0.3, 0.4) is 0 Å². The zero-order chi connectivity index (χ0) is 19.8. The zero-order valence-electron chi connectivity index (χ0n) is 17.0. The molecular weight excluding hydrogens is 342 g/mol. The van der Waals surface area contributed by atoms with Gasteiger partial charge in [-0.15, -0.1) is 0 Å². The van der Waals surface area contributed by atoms with Crippen molar-refractivity contribution in [1.29, 1.82) is 0 Å². The molecule has 0 aliphatic heterocycles. The van der Waals surface area contributed by atoms with Gasteiger partial charge in [0.2, 0.25) is 11.9 Å². The molecule has 0 amide bonds. The van der Waals surface area contributed by atoms with E-state index in [-0.39, 0.29) is 0 Å². The maximum Gasteiger partial charge on any atom is 0.215 e. The van der Waals surface area contributed by atoms with Gasteiger partial charge in [0.25, 0.3) is 0 Å². The minimum atomic E-state index is 0.404. The predicted molar refractivity (Wildman–Crippen MR) is 120 cm³/mol. The standard InChI is InChI=1S/C25H28N3/c1-16(2)23-12-19-9-10-22(11-21(19)13-24(23)26)27-28-15-20-8-6-5-7-18(20)14-25(28)17(3)4/h5-17,27H,26H2,1-4H3/q+1. The molecule has 0 saturated carbocycles. The van der Waals surface area contributed by atoms with Crippen molar-refractivity contribution in [2.75, 3.05) is 11.2 Å². The fourth-order valence-electron chi connectivity index (χ4n) is 3.79. The highest BCUT2D eigenvalue weighted by atomic mass is 15.4. The Balaban J connectivity index is 1.77. The van der Waals surface area contributed by atoms with E-state index < -0.39 is 0 Å². The average Bonchev–Trinajstić information content (AvgIpc) is 2.66. The number of benzene rings is 3. The fourth-order valence-corrected chi connectivity index (χ4v) is 3.79. The van der Waals surface area contributed by atoms with Gasteiger partial charge >= 0.3 is 0 Å². The van der Waals surface area contributed by atoms with Crippen LogP contribution in [0.5, 0.6) is 0 Å². The number of pyridine rings is 1. The molecule has 4 aromatic rings. The predicted octanol–water partition coefficient (Wildman–Crippen LogP) is 5.98. The molecule has 0 spiro atoms. The number of hydrogen-bond acceptors (Lipinski definition) is 2. The number of anilines is 2.